The van der Waals surface area contributed by atoms with Crippen LogP contribution in [0.25, 0.3) is 0 Å². The summed E-state index contributed by atoms with van der Waals surface area (Å²) >= 11 is 4.47. The lowest BCUT2D eigenvalue weighted by Gasteiger charge is -2.28. The van der Waals surface area contributed by atoms with Crippen molar-refractivity contribution in [1.82, 2.24) is 5.32 Å². The normalized spacial score (nSPS) is 13.8. The number of rotatable bonds is 17. The first kappa shape index (κ1) is 24.9. The summed E-state index contributed by atoms with van der Waals surface area (Å²) in [6.07, 6.45) is 9.47. The first-order chi connectivity index (χ1) is 13.2. The number of nitrogens with one attached hydrogen (secondary N) is 1. The molecule has 0 bridgehead atoms. The van der Waals surface area contributed by atoms with Crippen LogP contribution < -0.4 is 5.32 Å². The molecule has 0 saturated heterocycles. The number of benzene rings is 1. The van der Waals surface area contributed by atoms with Gasteiger partial charge in [0.1, 0.15) is 0 Å². The summed E-state index contributed by atoms with van der Waals surface area (Å²) in [7, 11) is 0. The average Bonchev–Trinajstić information content (AvgIpc) is 2.67. The van der Waals surface area contributed by atoms with Crippen molar-refractivity contribution in [3.8, 4) is 0 Å². The number of thioether (sulfide) groups is 2. The van der Waals surface area contributed by atoms with Gasteiger partial charge in [0, 0.05) is 23.6 Å². The number of hydrogen-bond acceptors (Lipinski definition) is 3. The molecule has 0 aromatic heterocycles. The zero-order chi connectivity index (χ0) is 19.7. The molecule has 1 aromatic carbocycles. The van der Waals surface area contributed by atoms with Crippen LogP contribution in [0.15, 0.2) is 30.3 Å². The Hall–Kier alpha value is -0.120. The van der Waals surface area contributed by atoms with Crippen LogP contribution in [-0.2, 0) is 6.54 Å². The van der Waals surface area contributed by atoms with Crippen molar-refractivity contribution in [2.24, 2.45) is 5.92 Å². The lowest BCUT2D eigenvalue weighted by molar-refractivity contribution is 0.538. The molecule has 0 amide bonds. The van der Waals surface area contributed by atoms with Gasteiger partial charge in [-0.2, -0.15) is 23.5 Å². The molecule has 27 heavy (non-hydrogen) atoms. The highest BCUT2D eigenvalue weighted by atomic mass is 32.2. The van der Waals surface area contributed by atoms with E-state index in [-0.39, 0.29) is 0 Å². The van der Waals surface area contributed by atoms with Gasteiger partial charge >= 0.3 is 0 Å². The van der Waals surface area contributed by atoms with Crippen LogP contribution in [-0.4, -0.2) is 28.6 Å². The molecule has 3 heteroatoms. The predicted octanol–water partition coefficient (Wildman–Crippen LogP) is 7.41. The number of unbranched alkanes of at least 4 members (excludes halogenated alkanes) is 4. The van der Waals surface area contributed by atoms with Crippen LogP contribution in [0.4, 0.5) is 0 Å². The third kappa shape index (κ3) is 12.9. The molecule has 0 aliphatic rings. The van der Waals surface area contributed by atoms with Crippen LogP contribution in [0, 0.1) is 5.92 Å². The van der Waals surface area contributed by atoms with Gasteiger partial charge in [-0.1, -0.05) is 83.7 Å². The van der Waals surface area contributed by atoms with Gasteiger partial charge in [-0.3, -0.25) is 0 Å². The van der Waals surface area contributed by atoms with Gasteiger partial charge in [0.2, 0.25) is 0 Å². The SMILES string of the molecule is CCCCCS[C@@H](CNCc1ccccc1)[C@H](CC(C)C)SCCCCC. The standard InChI is InChI=1S/C24H43NS2/c1-5-7-12-16-26-23(18-21(3)4)24(27-17-13-8-6-2)20-25-19-22-14-10-9-11-15-22/h9-11,14-15,21,23-25H,5-8,12-13,16-20H2,1-4H3/t23-,24-/m0/s1. The van der Waals surface area contributed by atoms with Crippen molar-refractivity contribution in [2.75, 3.05) is 18.1 Å². The van der Waals surface area contributed by atoms with E-state index in [9.17, 15) is 0 Å². The van der Waals surface area contributed by atoms with Gasteiger partial charge in [0.15, 0.2) is 0 Å². The molecule has 0 aliphatic carbocycles. The summed E-state index contributed by atoms with van der Waals surface area (Å²) < 4.78 is 0. The molecule has 1 nitrogen and oxygen atoms in total. The smallest absolute Gasteiger partial charge is 0.0291 e. The second-order valence-corrected chi connectivity index (χ2v) is 10.7. The minimum atomic E-state index is 0.722. The monoisotopic (exact) mass is 409 g/mol. The maximum atomic E-state index is 3.76. The summed E-state index contributed by atoms with van der Waals surface area (Å²) in [4.78, 5) is 0. The van der Waals surface area contributed by atoms with E-state index in [1.807, 2.05) is 0 Å². The summed E-state index contributed by atoms with van der Waals surface area (Å²) in [5.41, 5.74) is 1.39. The van der Waals surface area contributed by atoms with Crippen LogP contribution in [0.3, 0.4) is 0 Å². The fourth-order valence-electron chi connectivity index (χ4n) is 3.22. The van der Waals surface area contributed by atoms with Gasteiger partial charge in [0.05, 0.1) is 0 Å². The Balaban J connectivity index is 2.58. The third-order valence-corrected chi connectivity index (χ3v) is 7.89. The Morgan fingerprint density at radius 1 is 0.815 bits per heavy atom. The topological polar surface area (TPSA) is 12.0 Å². The molecule has 0 spiro atoms. The van der Waals surface area contributed by atoms with E-state index < -0.39 is 0 Å². The first-order valence-electron chi connectivity index (χ1n) is 11.1. The molecule has 1 N–H and O–H groups in total. The predicted molar refractivity (Wildman–Crippen MR) is 129 cm³/mol. The molecular formula is C24H43NS2. The van der Waals surface area contributed by atoms with Crippen LogP contribution in [0.1, 0.15) is 78.2 Å². The van der Waals surface area contributed by atoms with E-state index in [1.165, 1.54) is 62.0 Å². The Bertz CT molecular complexity index is 435. The molecule has 0 fully saturated rings. The van der Waals surface area contributed by atoms with Crippen molar-refractivity contribution in [1.29, 1.82) is 0 Å². The van der Waals surface area contributed by atoms with Gasteiger partial charge in [0.25, 0.3) is 0 Å². The summed E-state index contributed by atoms with van der Waals surface area (Å²) in [5, 5.41) is 5.26. The Morgan fingerprint density at radius 2 is 1.41 bits per heavy atom. The van der Waals surface area contributed by atoms with Crippen molar-refractivity contribution in [3.05, 3.63) is 35.9 Å². The largest absolute Gasteiger partial charge is 0.312 e. The third-order valence-electron chi connectivity index (χ3n) is 4.80. The van der Waals surface area contributed by atoms with Gasteiger partial charge in [-0.05, 0) is 42.2 Å². The second kappa shape index (κ2) is 16.8. The minimum absolute atomic E-state index is 0.722. The maximum Gasteiger partial charge on any atom is 0.0291 e. The van der Waals surface area contributed by atoms with E-state index in [2.05, 4.69) is 86.9 Å². The van der Waals surface area contributed by atoms with Crippen molar-refractivity contribution < 1.29 is 0 Å². The Kier molecular flexibility index (Phi) is 15.5. The quantitative estimate of drug-likeness (QED) is 0.269. The van der Waals surface area contributed by atoms with Crippen molar-refractivity contribution in [2.45, 2.75) is 89.7 Å². The molecule has 1 aromatic rings. The molecule has 2 atom stereocenters. The summed E-state index contributed by atoms with van der Waals surface area (Å²) in [6.45, 7) is 11.5. The van der Waals surface area contributed by atoms with E-state index in [0.29, 0.717) is 0 Å². The summed E-state index contributed by atoms with van der Waals surface area (Å²) in [6, 6.07) is 10.8. The Morgan fingerprint density at radius 3 is 1.96 bits per heavy atom. The first-order valence-corrected chi connectivity index (χ1v) is 13.2. The molecular weight excluding hydrogens is 366 g/mol. The van der Waals surface area contributed by atoms with Crippen LogP contribution >= 0.6 is 23.5 Å². The average molecular weight is 410 g/mol. The highest BCUT2D eigenvalue weighted by Gasteiger charge is 2.23. The summed E-state index contributed by atoms with van der Waals surface area (Å²) in [5.74, 6) is 3.42. The van der Waals surface area contributed by atoms with Gasteiger partial charge < -0.3 is 5.32 Å². The second-order valence-electron chi connectivity index (χ2n) is 7.98. The molecule has 0 saturated carbocycles. The zero-order valence-corrected chi connectivity index (χ0v) is 19.8. The molecule has 0 heterocycles. The van der Waals surface area contributed by atoms with Gasteiger partial charge in [-0.15, -0.1) is 0 Å². The molecule has 0 unspecified atom stereocenters. The fraction of sp³-hybridized carbons (Fsp3) is 0.750. The fourth-order valence-corrected chi connectivity index (χ4v) is 6.43. The number of hydrogen-bond donors (Lipinski definition) is 1. The zero-order valence-electron chi connectivity index (χ0n) is 18.2. The van der Waals surface area contributed by atoms with E-state index >= 15 is 0 Å². The lowest BCUT2D eigenvalue weighted by atomic mass is 10.1. The van der Waals surface area contributed by atoms with Crippen LogP contribution in [0.2, 0.25) is 0 Å². The molecule has 1 rings (SSSR count). The van der Waals surface area contributed by atoms with E-state index in [0.717, 1.165) is 29.5 Å². The van der Waals surface area contributed by atoms with E-state index in [4.69, 9.17) is 0 Å². The highest BCUT2D eigenvalue weighted by Crippen LogP contribution is 2.31. The Labute approximate surface area is 178 Å². The van der Waals surface area contributed by atoms with Crippen LogP contribution in [0.5, 0.6) is 0 Å². The maximum absolute atomic E-state index is 3.76. The molecule has 0 radical (unpaired) electrons. The minimum Gasteiger partial charge on any atom is -0.312 e. The van der Waals surface area contributed by atoms with Gasteiger partial charge in [-0.25, -0.2) is 0 Å². The van der Waals surface area contributed by atoms with E-state index in [1.54, 1.807) is 0 Å². The molecule has 0 aliphatic heterocycles. The molecule has 156 valence electrons. The lowest BCUT2D eigenvalue weighted by Crippen LogP contribution is -2.33. The van der Waals surface area contributed by atoms with Crippen molar-refractivity contribution >= 4 is 23.5 Å². The highest BCUT2D eigenvalue weighted by molar-refractivity contribution is 8.03. The van der Waals surface area contributed by atoms with Crippen molar-refractivity contribution in [3.63, 3.8) is 0 Å².